The second-order valence-corrected chi connectivity index (χ2v) is 5.54. The zero-order valence-corrected chi connectivity index (χ0v) is 12.0. The Morgan fingerprint density at radius 2 is 1.68 bits per heavy atom. The number of hydrogen-bond acceptors (Lipinski definition) is 1. The number of hydrogen-bond donors (Lipinski definition) is 1. The monoisotopic (exact) mass is 315 g/mol. The molecule has 3 rings (SSSR count). The second-order valence-electron chi connectivity index (χ2n) is 4.62. The maximum absolute atomic E-state index is 9.04. The topological polar surface area (TPSA) is 25.2 Å². The molecule has 19 heavy (non-hydrogen) atoms. The van der Waals surface area contributed by atoms with Crippen LogP contribution in [0.15, 0.2) is 59.2 Å². The van der Waals surface area contributed by atoms with Crippen LogP contribution >= 0.6 is 15.9 Å². The van der Waals surface area contributed by atoms with Crippen LogP contribution in [0.1, 0.15) is 11.1 Å². The molecule has 0 amide bonds. The number of rotatable bonds is 3. The Kier molecular flexibility index (Phi) is 3.40. The van der Waals surface area contributed by atoms with Crippen LogP contribution in [-0.2, 0) is 13.2 Å². The first-order valence-corrected chi connectivity index (χ1v) is 6.98. The molecule has 0 aliphatic rings. The van der Waals surface area contributed by atoms with E-state index in [0.717, 1.165) is 16.6 Å². The van der Waals surface area contributed by atoms with Crippen molar-refractivity contribution in [2.45, 2.75) is 13.2 Å². The quantitative estimate of drug-likeness (QED) is 0.778. The summed E-state index contributed by atoms with van der Waals surface area (Å²) in [5.41, 5.74) is 3.41. The first kappa shape index (κ1) is 12.5. The van der Waals surface area contributed by atoms with Crippen LogP contribution in [-0.4, -0.2) is 9.67 Å². The zero-order valence-electron chi connectivity index (χ0n) is 10.4. The fourth-order valence-corrected chi connectivity index (χ4v) is 2.63. The number of aromatic nitrogens is 1. The van der Waals surface area contributed by atoms with Gasteiger partial charge in [-0.25, -0.2) is 0 Å². The molecule has 96 valence electrons. The van der Waals surface area contributed by atoms with Crippen molar-refractivity contribution in [2.75, 3.05) is 0 Å². The zero-order chi connectivity index (χ0) is 13.2. The van der Waals surface area contributed by atoms with Crippen LogP contribution in [0.5, 0.6) is 0 Å². The van der Waals surface area contributed by atoms with E-state index in [4.69, 9.17) is 5.11 Å². The molecule has 0 bridgehead atoms. The van der Waals surface area contributed by atoms with Crippen molar-refractivity contribution in [3.8, 4) is 0 Å². The SMILES string of the molecule is OCc1ccc(Cn2ccc3cc(Br)ccc32)cc1. The fourth-order valence-electron chi connectivity index (χ4n) is 2.26. The average Bonchev–Trinajstić information content (AvgIpc) is 2.82. The smallest absolute Gasteiger partial charge is 0.0681 e. The Hall–Kier alpha value is -1.58. The first-order chi connectivity index (χ1) is 9.26. The van der Waals surface area contributed by atoms with E-state index >= 15 is 0 Å². The summed E-state index contributed by atoms with van der Waals surface area (Å²) in [6.45, 7) is 0.942. The molecule has 0 saturated carbocycles. The summed E-state index contributed by atoms with van der Waals surface area (Å²) in [7, 11) is 0. The van der Waals surface area contributed by atoms with Crippen LogP contribution in [0.3, 0.4) is 0 Å². The van der Waals surface area contributed by atoms with E-state index in [2.05, 4.69) is 63.1 Å². The molecule has 3 aromatic rings. The van der Waals surface area contributed by atoms with Gasteiger partial charge in [0, 0.05) is 28.1 Å². The van der Waals surface area contributed by atoms with Gasteiger partial charge in [-0.2, -0.15) is 0 Å². The van der Waals surface area contributed by atoms with E-state index in [9.17, 15) is 0 Å². The van der Waals surface area contributed by atoms with Crippen LogP contribution in [0.2, 0.25) is 0 Å². The van der Waals surface area contributed by atoms with Gasteiger partial charge in [0.15, 0.2) is 0 Å². The lowest BCUT2D eigenvalue weighted by atomic mass is 10.1. The van der Waals surface area contributed by atoms with Crippen molar-refractivity contribution in [3.63, 3.8) is 0 Å². The maximum Gasteiger partial charge on any atom is 0.0681 e. The average molecular weight is 316 g/mol. The standard InChI is InChI=1S/C16H14BrNO/c17-15-5-6-16-14(9-15)7-8-18(16)10-12-1-3-13(11-19)4-2-12/h1-9,19H,10-11H2. The molecule has 0 unspecified atom stereocenters. The first-order valence-electron chi connectivity index (χ1n) is 6.19. The van der Waals surface area contributed by atoms with Gasteiger partial charge in [0.2, 0.25) is 0 Å². The highest BCUT2D eigenvalue weighted by Gasteiger charge is 2.02. The fraction of sp³-hybridized carbons (Fsp3) is 0.125. The molecule has 0 aliphatic heterocycles. The van der Waals surface area contributed by atoms with E-state index in [1.165, 1.54) is 16.5 Å². The van der Waals surface area contributed by atoms with E-state index in [1.54, 1.807) is 0 Å². The van der Waals surface area contributed by atoms with E-state index < -0.39 is 0 Å². The number of nitrogens with zero attached hydrogens (tertiary/aromatic N) is 1. The molecule has 3 heteroatoms. The van der Waals surface area contributed by atoms with Gasteiger partial charge >= 0.3 is 0 Å². The normalized spacial score (nSPS) is 11.1. The Bertz CT molecular complexity index is 700. The molecule has 2 aromatic carbocycles. The molecule has 0 spiro atoms. The minimum atomic E-state index is 0.0980. The van der Waals surface area contributed by atoms with Crippen molar-refractivity contribution < 1.29 is 5.11 Å². The molecule has 0 atom stereocenters. The van der Waals surface area contributed by atoms with Gasteiger partial charge in [0.05, 0.1) is 6.61 Å². The molecule has 0 radical (unpaired) electrons. The highest BCUT2D eigenvalue weighted by atomic mass is 79.9. The van der Waals surface area contributed by atoms with Crippen LogP contribution in [0.4, 0.5) is 0 Å². The summed E-state index contributed by atoms with van der Waals surface area (Å²) < 4.78 is 3.33. The Morgan fingerprint density at radius 1 is 0.947 bits per heavy atom. The van der Waals surface area contributed by atoms with Crippen molar-refractivity contribution >= 4 is 26.8 Å². The molecular formula is C16H14BrNO. The van der Waals surface area contributed by atoms with Crippen LogP contribution in [0.25, 0.3) is 10.9 Å². The van der Waals surface area contributed by atoms with Crippen molar-refractivity contribution in [1.29, 1.82) is 0 Å². The summed E-state index contributed by atoms with van der Waals surface area (Å²) in [5, 5.41) is 10.3. The number of aliphatic hydroxyl groups is 1. The summed E-state index contributed by atoms with van der Waals surface area (Å²) in [4.78, 5) is 0. The third-order valence-electron chi connectivity index (χ3n) is 3.29. The highest BCUT2D eigenvalue weighted by Crippen LogP contribution is 2.21. The van der Waals surface area contributed by atoms with Crippen LogP contribution in [0, 0.1) is 0 Å². The second kappa shape index (κ2) is 5.19. The third kappa shape index (κ3) is 2.57. The van der Waals surface area contributed by atoms with E-state index in [1.807, 2.05) is 12.1 Å². The van der Waals surface area contributed by atoms with E-state index in [-0.39, 0.29) is 6.61 Å². The van der Waals surface area contributed by atoms with Crippen LogP contribution < -0.4 is 0 Å². The number of fused-ring (bicyclic) bond motifs is 1. The molecule has 1 N–H and O–H groups in total. The molecule has 0 saturated heterocycles. The molecular weight excluding hydrogens is 302 g/mol. The highest BCUT2D eigenvalue weighted by molar-refractivity contribution is 9.10. The summed E-state index contributed by atoms with van der Waals surface area (Å²) in [6.07, 6.45) is 2.11. The number of halogens is 1. The number of benzene rings is 2. The predicted octanol–water partition coefficient (Wildman–Crippen LogP) is 3.94. The van der Waals surface area contributed by atoms with E-state index in [0.29, 0.717) is 0 Å². The lowest BCUT2D eigenvalue weighted by Gasteiger charge is -2.06. The molecule has 1 heterocycles. The summed E-state index contributed by atoms with van der Waals surface area (Å²) >= 11 is 3.49. The Labute approximate surface area is 120 Å². The predicted molar refractivity (Wildman–Crippen MR) is 81.1 cm³/mol. The molecule has 0 aliphatic carbocycles. The molecule has 2 nitrogen and oxygen atoms in total. The minimum absolute atomic E-state index is 0.0980. The van der Waals surface area contributed by atoms with Gasteiger partial charge < -0.3 is 9.67 Å². The maximum atomic E-state index is 9.04. The minimum Gasteiger partial charge on any atom is -0.392 e. The van der Waals surface area contributed by atoms with Gasteiger partial charge in [-0.3, -0.25) is 0 Å². The molecule has 0 fully saturated rings. The Balaban J connectivity index is 1.92. The van der Waals surface area contributed by atoms with Crippen molar-refractivity contribution in [3.05, 3.63) is 70.3 Å². The largest absolute Gasteiger partial charge is 0.392 e. The van der Waals surface area contributed by atoms with Crippen molar-refractivity contribution in [2.24, 2.45) is 0 Å². The van der Waals surface area contributed by atoms with Gasteiger partial charge in [-0.15, -0.1) is 0 Å². The van der Waals surface area contributed by atoms with Gasteiger partial charge in [0.25, 0.3) is 0 Å². The van der Waals surface area contributed by atoms with Gasteiger partial charge in [-0.1, -0.05) is 40.2 Å². The molecule has 1 aromatic heterocycles. The number of aliphatic hydroxyl groups excluding tert-OH is 1. The summed E-state index contributed by atoms with van der Waals surface area (Å²) in [5.74, 6) is 0. The lowest BCUT2D eigenvalue weighted by Crippen LogP contribution is -1.97. The lowest BCUT2D eigenvalue weighted by molar-refractivity contribution is 0.282. The van der Waals surface area contributed by atoms with Gasteiger partial charge in [0.1, 0.15) is 0 Å². The van der Waals surface area contributed by atoms with Gasteiger partial charge in [-0.05, 0) is 35.4 Å². The Morgan fingerprint density at radius 3 is 2.42 bits per heavy atom. The summed E-state index contributed by atoms with van der Waals surface area (Å²) in [6, 6.07) is 16.5. The van der Waals surface area contributed by atoms with Crippen molar-refractivity contribution in [1.82, 2.24) is 4.57 Å². The third-order valence-corrected chi connectivity index (χ3v) is 3.78.